The minimum Gasteiger partial charge on any atom is -0.356 e. The molecule has 0 aromatic carbocycles. The fourth-order valence-corrected chi connectivity index (χ4v) is 4.75. The Hall–Kier alpha value is -2.06. The monoisotopic (exact) mass is 384 g/mol. The summed E-state index contributed by atoms with van der Waals surface area (Å²) >= 11 is 1.73. The largest absolute Gasteiger partial charge is 0.356 e. The number of nitrogens with one attached hydrogen (secondary N) is 1. The minimum atomic E-state index is 0.480. The van der Waals surface area contributed by atoms with Gasteiger partial charge in [0.1, 0.15) is 17.0 Å². The summed E-state index contributed by atoms with van der Waals surface area (Å²) in [7, 11) is 0. The highest BCUT2D eigenvalue weighted by Gasteiger charge is 2.26. The van der Waals surface area contributed by atoms with E-state index in [9.17, 15) is 0 Å². The summed E-state index contributed by atoms with van der Waals surface area (Å²) in [4.78, 5) is 18.3. The summed E-state index contributed by atoms with van der Waals surface area (Å²) in [6.45, 7) is 4.81. The second kappa shape index (κ2) is 7.16. The predicted octanol–water partition coefficient (Wildman–Crippen LogP) is 3.41. The summed E-state index contributed by atoms with van der Waals surface area (Å²) in [5.41, 5.74) is 0. The first-order valence-corrected chi connectivity index (χ1v) is 10.6. The van der Waals surface area contributed by atoms with Crippen molar-refractivity contribution in [3.63, 3.8) is 0 Å². The first-order valence-electron chi connectivity index (χ1n) is 9.78. The lowest BCUT2D eigenvalue weighted by Crippen LogP contribution is -2.42. The van der Waals surface area contributed by atoms with Crippen LogP contribution in [0.25, 0.3) is 10.2 Å². The predicted molar refractivity (Wildman–Crippen MR) is 105 cm³/mol. The molecule has 1 aliphatic heterocycles. The lowest BCUT2D eigenvalue weighted by atomic mass is 9.85. The molecule has 1 saturated heterocycles. The van der Waals surface area contributed by atoms with Crippen molar-refractivity contribution in [1.29, 1.82) is 0 Å². The molecule has 0 bridgehead atoms. The average molecular weight is 385 g/mol. The Morgan fingerprint density at radius 2 is 2.07 bits per heavy atom. The lowest BCUT2D eigenvalue weighted by Gasteiger charge is -2.33. The van der Waals surface area contributed by atoms with Gasteiger partial charge in [0.25, 0.3) is 0 Å². The van der Waals surface area contributed by atoms with Crippen LogP contribution in [0.3, 0.4) is 0 Å². The molecule has 3 aromatic heterocycles. The molecule has 0 amide bonds. The third-order valence-electron chi connectivity index (χ3n) is 5.71. The first kappa shape index (κ1) is 17.1. The maximum Gasteiger partial charge on any atom is 0.229 e. The molecule has 0 radical (unpaired) electrons. The Balaban J connectivity index is 1.17. The van der Waals surface area contributed by atoms with E-state index in [1.54, 1.807) is 17.7 Å². The molecule has 2 aliphatic rings. The Labute approximate surface area is 162 Å². The highest BCUT2D eigenvalue weighted by atomic mass is 32.1. The van der Waals surface area contributed by atoms with E-state index in [1.165, 1.54) is 29.5 Å². The number of nitrogens with zero attached hydrogens (tertiary/aromatic N) is 5. The molecule has 8 heteroatoms. The van der Waals surface area contributed by atoms with Crippen molar-refractivity contribution in [2.45, 2.75) is 57.5 Å². The van der Waals surface area contributed by atoms with E-state index in [0.717, 1.165) is 48.3 Å². The zero-order valence-corrected chi connectivity index (χ0v) is 16.3. The molecular formula is C19H24N6OS. The molecule has 2 fully saturated rings. The number of aromatic nitrogens is 4. The maximum absolute atomic E-state index is 5.40. The number of rotatable bonds is 5. The Kier molecular flexibility index (Phi) is 4.53. The Bertz CT molecular complexity index is 925. The van der Waals surface area contributed by atoms with Gasteiger partial charge in [-0.25, -0.2) is 9.97 Å². The van der Waals surface area contributed by atoms with Gasteiger partial charge >= 0.3 is 0 Å². The van der Waals surface area contributed by atoms with Crippen LogP contribution in [0, 0.1) is 6.92 Å². The van der Waals surface area contributed by atoms with Crippen LogP contribution in [-0.2, 0) is 6.54 Å². The Morgan fingerprint density at radius 3 is 2.85 bits per heavy atom. The fourth-order valence-electron chi connectivity index (χ4n) is 3.91. The maximum atomic E-state index is 5.40. The van der Waals surface area contributed by atoms with Crippen LogP contribution in [0.4, 0.5) is 5.82 Å². The highest BCUT2D eigenvalue weighted by Crippen LogP contribution is 2.35. The van der Waals surface area contributed by atoms with Crippen molar-refractivity contribution < 1.29 is 4.52 Å². The fraction of sp³-hybridized carbons (Fsp3) is 0.579. The molecule has 142 valence electrons. The average Bonchev–Trinajstić information content (AvgIpc) is 3.24. The topological polar surface area (TPSA) is 80.0 Å². The molecule has 4 heterocycles. The van der Waals surface area contributed by atoms with E-state index in [1.807, 2.05) is 0 Å². The van der Waals surface area contributed by atoms with Gasteiger partial charge < -0.3 is 14.7 Å². The summed E-state index contributed by atoms with van der Waals surface area (Å²) in [6, 6.07) is 2.68. The zero-order chi connectivity index (χ0) is 18.2. The molecular weight excluding hydrogens is 360 g/mol. The number of piperidine rings is 1. The number of thiophene rings is 1. The van der Waals surface area contributed by atoms with Crippen LogP contribution in [0.5, 0.6) is 0 Å². The molecule has 5 rings (SSSR count). The first-order chi connectivity index (χ1) is 13.3. The van der Waals surface area contributed by atoms with Crippen LogP contribution < -0.4 is 10.2 Å². The molecule has 3 aromatic rings. The summed E-state index contributed by atoms with van der Waals surface area (Å²) in [6.07, 6.45) is 7.52. The highest BCUT2D eigenvalue weighted by molar-refractivity contribution is 7.18. The summed E-state index contributed by atoms with van der Waals surface area (Å²) in [5.74, 6) is 3.18. The van der Waals surface area contributed by atoms with Crippen LogP contribution in [-0.4, -0.2) is 39.2 Å². The van der Waals surface area contributed by atoms with E-state index < -0.39 is 0 Å². The number of hydrogen-bond acceptors (Lipinski definition) is 8. The molecule has 0 spiro atoms. The van der Waals surface area contributed by atoms with E-state index in [4.69, 9.17) is 4.52 Å². The molecule has 7 nitrogen and oxygen atoms in total. The van der Waals surface area contributed by atoms with Crippen molar-refractivity contribution in [2.24, 2.45) is 0 Å². The van der Waals surface area contributed by atoms with Gasteiger partial charge in [0.05, 0.1) is 11.9 Å². The lowest BCUT2D eigenvalue weighted by molar-refractivity contribution is 0.290. The second-order valence-corrected chi connectivity index (χ2v) is 8.83. The van der Waals surface area contributed by atoms with Crippen LogP contribution >= 0.6 is 11.3 Å². The van der Waals surface area contributed by atoms with Gasteiger partial charge in [-0.15, -0.1) is 11.3 Å². The quantitative estimate of drug-likeness (QED) is 0.722. The van der Waals surface area contributed by atoms with Crippen molar-refractivity contribution in [3.05, 3.63) is 29.0 Å². The van der Waals surface area contributed by atoms with E-state index >= 15 is 0 Å². The van der Waals surface area contributed by atoms with E-state index in [0.29, 0.717) is 18.5 Å². The molecule has 1 aliphatic carbocycles. The van der Waals surface area contributed by atoms with E-state index in [-0.39, 0.29) is 0 Å². The van der Waals surface area contributed by atoms with Crippen LogP contribution in [0.1, 0.15) is 54.6 Å². The van der Waals surface area contributed by atoms with Crippen molar-refractivity contribution in [3.8, 4) is 0 Å². The minimum absolute atomic E-state index is 0.480. The van der Waals surface area contributed by atoms with Gasteiger partial charge in [0.15, 0.2) is 5.82 Å². The summed E-state index contributed by atoms with van der Waals surface area (Å²) in [5, 5.41) is 8.91. The molecule has 1 N–H and O–H groups in total. The number of anilines is 1. The van der Waals surface area contributed by atoms with Gasteiger partial charge in [-0.3, -0.25) is 0 Å². The van der Waals surface area contributed by atoms with Crippen LogP contribution in [0.15, 0.2) is 16.9 Å². The third kappa shape index (κ3) is 3.43. The van der Waals surface area contributed by atoms with Gasteiger partial charge in [0.2, 0.25) is 5.89 Å². The van der Waals surface area contributed by atoms with E-state index in [2.05, 4.69) is 43.3 Å². The molecule has 27 heavy (non-hydrogen) atoms. The Morgan fingerprint density at radius 1 is 1.22 bits per heavy atom. The SMILES string of the molecule is Cc1cc2c(N3CCC(NCc4noc(C5CCC5)n4)CC3)ncnc2s1. The second-order valence-electron chi connectivity index (χ2n) is 7.59. The number of aryl methyl sites for hydroxylation is 1. The van der Waals surface area contributed by atoms with Gasteiger partial charge in [-0.1, -0.05) is 11.6 Å². The standard InChI is InChI=1S/C19H24N6OS/c1-12-9-15-17(21-11-22-19(15)27-12)25-7-5-14(6-8-25)20-10-16-23-18(26-24-16)13-3-2-4-13/h9,11,13-14,20H,2-8,10H2,1H3. The molecule has 1 saturated carbocycles. The van der Waals surface area contributed by atoms with Gasteiger partial charge in [-0.2, -0.15) is 4.98 Å². The van der Waals surface area contributed by atoms with Crippen LogP contribution in [0.2, 0.25) is 0 Å². The number of fused-ring (bicyclic) bond motifs is 1. The smallest absolute Gasteiger partial charge is 0.229 e. The molecule has 0 unspecified atom stereocenters. The summed E-state index contributed by atoms with van der Waals surface area (Å²) < 4.78 is 5.40. The van der Waals surface area contributed by atoms with Crippen molar-refractivity contribution in [2.75, 3.05) is 18.0 Å². The number of hydrogen-bond donors (Lipinski definition) is 1. The van der Waals surface area contributed by atoms with Gasteiger partial charge in [0, 0.05) is 29.9 Å². The van der Waals surface area contributed by atoms with Crippen molar-refractivity contribution >= 4 is 27.4 Å². The third-order valence-corrected chi connectivity index (χ3v) is 6.67. The zero-order valence-electron chi connectivity index (χ0n) is 15.5. The normalized spacial score (nSPS) is 18.9. The van der Waals surface area contributed by atoms with Gasteiger partial charge in [-0.05, 0) is 38.7 Å². The molecule has 0 atom stereocenters. The van der Waals surface area contributed by atoms with Crippen molar-refractivity contribution in [1.82, 2.24) is 25.4 Å².